The zero-order valence-corrected chi connectivity index (χ0v) is 20.9. The van der Waals surface area contributed by atoms with Gasteiger partial charge in [0.1, 0.15) is 36.2 Å². The number of esters is 1. The third-order valence-electron chi connectivity index (χ3n) is 5.52. The van der Waals surface area contributed by atoms with Crippen LogP contribution in [0, 0.1) is 0 Å². The highest BCUT2D eigenvalue weighted by Crippen LogP contribution is 2.33. The second kappa shape index (κ2) is 12.6. The van der Waals surface area contributed by atoms with Crippen molar-refractivity contribution in [2.24, 2.45) is 0 Å². The van der Waals surface area contributed by atoms with Crippen molar-refractivity contribution in [3.05, 3.63) is 84.2 Å². The smallest absolute Gasteiger partial charge is 0.332 e. The summed E-state index contributed by atoms with van der Waals surface area (Å²) in [5.41, 5.74) is 8.62. The van der Waals surface area contributed by atoms with E-state index in [0.717, 1.165) is 27.8 Å². The summed E-state index contributed by atoms with van der Waals surface area (Å²) in [6.07, 6.45) is 2.27. The first-order valence-electron chi connectivity index (χ1n) is 12.0. The molecule has 0 amide bonds. The third-order valence-corrected chi connectivity index (χ3v) is 5.52. The van der Waals surface area contributed by atoms with Crippen LogP contribution in [0.15, 0.2) is 72.9 Å². The number of nitrogens with two attached hydrogens (primary N) is 1. The van der Waals surface area contributed by atoms with Crippen LogP contribution in [0.2, 0.25) is 0 Å². The number of rotatable bonds is 12. The summed E-state index contributed by atoms with van der Waals surface area (Å²) in [4.78, 5) is 15.9. The van der Waals surface area contributed by atoms with Crippen molar-refractivity contribution in [1.82, 2.24) is 4.98 Å². The van der Waals surface area contributed by atoms with Crippen LogP contribution in [0.3, 0.4) is 0 Å². The second-order valence-corrected chi connectivity index (χ2v) is 8.18. The Bertz CT molecular complexity index is 1360. The molecule has 3 aromatic carbocycles. The lowest BCUT2D eigenvalue weighted by molar-refractivity contribution is -0.148. The predicted molar refractivity (Wildman–Crippen MR) is 141 cm³/mol. The maximum absolute atomic E-state index is 11.4. The van der Waals surface area contributed by atoms with E-state index in [2.05, 4.69) is 4.98 Å². The van der Waals surface area contributed by atoms with Gasteiger partial charge in [-0.3, -0.25) is 4.98 Å². The van der Waals surface area contributed by atoms with Gasteiger partial charge in [0.05, 0.1) is 20.3 Å². The van der Waals surface area contributed by atoms with E-state index in [9.17, 15) is 4.79 Å². The Morgan fingerprint density at radius 2 is 1.73 bits per heavy atom. The minimum absolute atomic E-state index is 0.100. The Balaban J connectivity index is 1.42. The molecule has 0 spiro atoms. The molecule has 8 nitrogen and oxygen atoms in total. The highest BCUT2D eigenvalue weighted by Gasteiger charge is 2.09. The number of anilines is 1. The van der Waals surface area contributed by atoms with Crippen LogP contribution < -0.4 is 19.9 Å². The van der Waals surface area contributed by atoms with Crippen LogP contribution in [-0.2, 0) is 20.7 Å². The minimum Gasteiger partial charge on any atom is -0.497 e. The van der Waals surface area contributed by atoms with Crippen LogP contribution >= 0.6 is 0 Å². The Morgan fingerprint density at radius 3 is 2.54 bits per heavy atom. The summed E-state index contributed by atoms with van der Waals surface area (Å²) in [6, 6.07) is 21.0. The van der Waals surface area contributed by atoms with Gasteiger partial charge in [-0.2, -0.15) is 0 Å². The Morgan fingerprint density at radius 1 is 0.919 bits per heavy atom. The molecule has 8 heteroatoms. The van der Waals surface area contributed by atoms with Crippen molar-refractivity contribution in [3.63, 3.8) is 0 Å². The third kappa shape index (κ3) is 7.11. The second-order valence-electron chi connectivity index (χ2n) is 8.18. The first kappa shape index (κ1) is 25.8. The number of aromatic nitrogens is 1. The molecule has 0 unspecified atom stereocenters. The number of carbonyl (C=O) groups is 1. The predicted octanol–water partition coefficient (Wildman–Crippen LogP) is 5.17. The van der Waals surface area contributed by atoms with Gasteiger partial charge >= 0.3 is 5.97 Å². The van der Waals surface area contributed by atoms with Gasteiger partial charge in [-0.1, -0.05) is 24.3 Å². The fraction of sp³-hybridized carbons (Fsp3) is 0.241. The molecule has 0 aliphatic carbocycles. The number of ether oxygens (including phenoxy) is 5. The number of hydrogen-bond acceptors (Lipinski definition) is 8. The summed E-state index contributed by atoms with van der Waals surface area (Å²) in [6.45, 7) is 2.52. The van der Waals surface area contributed by atoms with Crippen molar-refractivity contribution in [2.45, 2.75) is 13.3 Å². The number of hydrogen-bond donors (Lipinski definition) is 1. The van der Waals surface area contributed by atoms with Gasteiger partial charge < -0.3 is 29.4 Å². The molecule has 37 heavy (non-hydrogen) atoms. The van der Waals surface area contributed by atoms with Crippen LogP contribution in [0.5, 0.6) is 23.0 Å². The summed E-state index contributed by atoms with van der Waals surface area (Å²) in [5.74, 6) is 2.31. The molecular weight excluding hydrogens is 472 g/mol. The lowest BCUT2D eigenvalue weighted by atomic mass is 10.1. The molecular formula is C29H30N2O6. The molecule has 192 valence electrons. The van der Waals surface area contributed by atoms with Crippen LogP contribution in [-0.4, -0.2) is 44.5 Å². The molecule has 4 aromatic rings. The summed E-state index contributed by atoms with van der Waals surface area (Å²) < 4.78 is 27.6. The Kier molecular flexibility index (Phi) is 8.78. The largest absolute Gasteiger partial charge is 0.497 e. The standard InChI is InChI=1S/C29H30N2O6/c1-3-35-29(32)19-34-12-13-36-24-16-20(15-23(18-24)33-2)14-21-17-22(10-11-31-21)37-28-9-8-27(30)25-6-4-5-7-26(25)28/h4-11,15-18H,3,12-14,19,30H2,1-2H3. The molecule has 0 radical (unpaired) electrons. The van der Waals surface area contributed by atoms with Crippen LogP contribution in [0.1, 0.15) is 18.2 Å². The van der Waals surface area contributed by atoms with E-state index < -0.39 is 5.97 Å². The molecule has 1 heterocycles. The maximum Gasteiger partial charge on any atom is 0.332 e. The number of benzene rings is 3. The van der Waals surface area contributed by atoms with Gasteiger partial charge in [-0.25, -0.2) is 4.79 Å². The topological polar surface area (TPSA) is 102 Å². The molecule has 0 aliphatic heterocycles. The molecule has 2 N–H and O–H groups in total. The number of nitrogens with zero attached hydrogens (tertiary/aromatic N) is 1. The van der Waals surface area contributed by atoms with E-state index in [4.69, 9.17) is 29.4 Å². The highest BCUT2D eigenvalue weighted by atomic mass is 16.6. The van der Waals surface area contributed by atoms with Crippen LogP contribution in [0.4, 0.5) is 5.69 Å². The Labute approximate surface area is 215 Å². The molecule has 0 bridgehead atoms. The van der Waals surface area contributed by atoms with E-state index in [-0.39, 0.29) is 19.8 Å². The average molecular weight is 503 g/mol. The summed E-state index contributed by atoms with van der Waals surface area (Å²) in [7, 11) is 1.61. The van der Waals surface area contributed by atoms with Gasteiger partial charge in [-0.15, -0.1) is 0 Å². The minimum atomic E-state index is -0.394. The van der Waals surface area contributed by atoms with E-state index in [1.807, 2.05) is 60.7 Å². The molecule has 0 atom stereocenters. The number of fused-ring (bicyclic) bond motifs is 1. The molecule has 0 aliphatic rings. The summed E-state index contributed by atoms with van der Waals surface area (Å²) in [5, 5.41) is 1.89. The fourth-order valence-corrected chi connectivity index (χ4v) is 3.85. The quantitative estimate of drug-likeness (QED) is 0.161. The zero-order valence-electron chi connectivity index (χ0n) is 20.9. The number of carbonyl (C=O) groups excluding carboxylic acids is 1. The zero-order chi connectivity index (χ0) is 26.0. The maximum atomic E-state index is 11.4. The molecule has 4 rings (SSSR count). The van der Waals surface area contributed by atoms with Gasteiger partial charge in [0.2, 0.25) is 0 Å². The molecule has 0 saturated heterocycles. The monoisotopic (exact) mass is 502 g/mol. The van der Waals surface area contributed by atoms with Gasteiger partial charge in [0.15, 0.2) is 0 Å². The lowest BCUT2D eigenvalue weighted by Crippen LogP contribution is -2.15. The molecule has 1 aromatic heterocycles. The van der Waals surface area contributed by atoms with Crippen molar-refractivity contribution in [1.29, 1.82) is 0 Å². The van der Waals surface area contributed by atoms with E-state index in [1.165, 1.54) is 0 Å². The first-order valence-corrected chi connectivity index (χ1v) is 12.0. The highest BCUT2D eigenvalue weighted by molar-refractivity contribution is 5.97. The number of pyridine rings is 1. The van der Waals surface area contributed by atoms with Crippen molar-refractivity contribution in [3.8, 4) is 23.0 Å². The van der Waals surface area contributed by atoms with E-state index in [1.54, 1.807) is 26.3 Å². The van der Waals surface area contributed by atoms with Crippen molar-refractivity contribution >= 4 is 22.4 Å². The Hall–Kier alpha value is -4.30. The van der Waals surface area contributed by atoms with E-state index >= 15 is 0 Å². The first-order chi connectivity index (χ1) is 18.1. The normalized spacial score (nSPS) is 10.8. The lowest BCUT2D eigenvalue weighted by Gasteiger charge is -2.12. The number of methoxy groups -OCH3 is 1. The SMILES string of the molecule is CCOC(=O)COCCOc1cc(Cc2cc(Oc3ccc(N)c4ccccc34)ccn2)cc(OC)c1. The van der Waals surface area contributed by atoms with Gasteiger partial charge in [0, 0.05) is 46.9 Å². The summed E-state index contributed by atoms with van der Waals surface area (Å²) >= 11 is 0. The number of nitrogen functional groups attached to an aromatic ring is 1. The van der Waals surface area contributed by atoms with Gasteiger partial charge in [0.25, 0.3) is 0 Å². The molecule has 0 saturated carbocycles. The van der Waals surface area contributed by atoms with Crippen molar-refractivity contribution in [2.75, 3.05) is 39.3 Å². The van der Waals surface area contributed by atoms with Crippen LogP contribution in [0.25, 0.3) is 10.8 Å². The van der Waals surface area contributed by atoms with E-state index in [0.29, 0.717) is 36.0 Å². The fourth-order valence-electron chi connectivity index (χ4n) is 3.85. The average Bonchev–Trinajstić information content (AvgIpc) is 2.90. The van der Waals surface area contributed by atoms with Crippen molar-refractivity contribution < 1.29 is 28.5 Å². The molecule has 0 fully saturated rings. The van der Waals surface area contributed by atoms with Gasteiger partial charge in [-0.05, 0) is 42.8 Å².